The zero-order valence-corrected chi connectivity index (χ0v) is 15.6. The number of oxazole rings is 1. The minimum absolute atomic E-state index is 0.0657. The van der Waals surface area contributed by atoms with Crippen molar-refractivity contribution < 1.29 is 9.21 Å². The number of rotatable bonds is 6. The van der Waals surface area contributed by atoms with Crippen LogP contribution < -0.4 is 0 Å². The minimum atomic E-state index is -0.162. The highest BCUT2D eigenvalue weighted by Gasteiger charge is 2.16. The van der Waals surface area contributed by atoms with Crippen LogP contribution in [0.5, 0.6) is 0 Å². The molecule has 2 heterocycles. The summed E-state index contributed by atoms with van der Waals surface area (Å²) in [7, 11) is 0. The zero-order valence-electron chi connectivity index (χ0n) is 15.6. The number of aryl methyl sites for hydroxylation is 1. The van der Waals surface area contributed by atoms with E-state index in [1.165, 1.54) is 11.8 Å². The maximum absolute atomic E-state index is 12.4. The lowest BCUT2D eigenvalue weighted by molar-refractivity contribution is 0.0950. The van der Waals surface area contributed by atoms with E-state index >= 15 is 0 Å². The molecule has 140 valence electrons. The lowest BCUT2D eigenvalue weighted by atomic mass is 10.0. The number of pyridine rings is 1. The Morgan fingerprint density at radius 2 is 1.69 bits per heavy atom. The van der Waals surface area contributed by atoms with E-state index in [1.54, 1.807) is 18.2 Å². The minimum Gasteiger partial charge on any atom is -0.430 e. The van der Waals surface area contributed by atoms with Crippen LogP contribution >= 0.6 is 0 Å². The standard InChI is InChI=1S/C24H17N3O2/c1-25-23-9-5-8-20(27-23)22-16-26-24(29-22)21(28)15-12-17-10-13-19(14-11-17)18-6-3-2-4-7-18/h2-11,13-14,16H,12,15H2. The Hall–Kier alpha value is -4.04. The molecule has 0 saturated carbocycles. The average molecular weight is 379 g/mol. The van der Waals surface area contributed by atoms with Crippen LogP contribution in [-0.2, 0) is 6.42 Å². The van der Waals surface area contributed by atoms with Gasteiger partial charge in [0.2, 0.25) is 5.78 Å². The van der Waals surface area contributed by atoms with Gasteiger partial charge in [0, 0.05) is 6.42 Å². The number of carbonyl (C=O) groups excluding carboxylic acids is 1. The van der Waals surface area contributed by atoms with Crippen molar-refractivity contribution in [3.8, 4) is 22.6 Å². The molecule has 2 aromatic carbocycles. The summed E-state index contributed by atoms with van der Waals surface area (Å²) in [4.78, 5) is 24.0. The fraction of sp³-hybridized carbons (Fsp3) is 0.0833. The third kappa shape index (κ3) is 4.28. The molecule has 4 aromatic rings. The van der Waals surface area contributed by atoms with Gasteiger partial charge >= 0.3 is 0 Å². The van der Waals surface area contributed by atoms with E-state index < -0.39 is 0 Å². The molecule has 0 aliphatic heterocycles. The molecular formula is C24H17N3O2. The van der Waals surface area contributed by atoms with Crippen molar-refractivity contribution in [3.05, 3.63) is 102 Å². The molecule has 5 heteroatoms. The van der Waals surface area contributed by atoms with Crippen LogP contribution in [0.4, 0.5) is 5.82 Å². The van der Waals surface area contributed by atoms with E-state index in [-0.39, 0.29) is 17.5 Å². The first kappa shape index (κ1) is 18.3. The summed E-state index contributed by atoms with van der Waals surface area (Å²) < 4.78 is 5.57. The van der Waals surface area contributed by atoms with Crippen molar-refractivity contribution in [1.82, 2.24) is 9.97 Å². The van der Waals surface area contributed by atoms with Crippen LogP contribution in [0.1, 0.15) is 22.7 Å². The third-order valence-electron chi connectivity index (χ3n) is 4.55. The first-order valence-corrected chi connectivity index (χ1v) is 9.21. The molecule has 0 aliphatic carbocycles. The predicted molar refractivity (Wildman–Crippen MR) is 111 cm³/mol. The number of hydrogen-bond acceptors (Lipinski definition) is 4. The lowest BCUT2D eigenvalue weighted by Gasteiger charge is -2.04. The molecule has 0 fully saturated rings. The first-order valence-electron chi connectivity index (χ1n) is 9.21. The topological polar surface area (TPSA) is 60.4 Å². The average Bonchev–Trinajstić information content (AvgIpc) is 3.29. The quantitative estimate of drug-likeness (QED) is 0.315. The third-order valence-corrected chi connectivity index (χ3v) is 4.55. The highest BCUT2D eigenvalue weighted by molar-refractivity contribution is 5.92. The zero-order chi connectivity index (χ0) is 20.1. The number of hydrogen-bond donors (Lipinski definition) is 0. The van der Waals surface area contributed by atoms with E-state index in [0.29, 0.717) is 24.3 Å². The molecule has 0 aliphatic rings. The van der Waals surface area contributed by atoms with Gasteiger partial charge in [-0.25, -0.2) is 4.98 Å². The van der Waals surface area contributed by atoms with Crippen molar-refractivity contribution in [1.29, 1.82) is 0 Å². The van der Waals surface area contributed by atoms with E-state index in [9.17, 15) is 4.79 Å². The molecule has 0 amide bonds. The van der Waals surface area contributed by atoms with Gasteiger partial charge in [0.05, 0.1) is 6.20 Å². The SMILES string of the molecule is [C-]#[N+]c1cccc(-c2cnc(C(=O)CCc3ccc(-c4ccccc4)cc3)o2)n1. The van der Waals surface area contributed by atoms with Gasteiger partial charge in [0.25, 0.3) is 11.7 Å². The fourth-order valence-corrected chi connectivity index (χ4v) is 3.00. The molecule has 0 spiro atoms. The van der Waals surface area contributed by atoms with Gasteiger partial charge in [-0.1, -0.05) is 67.2 Å². The molecule has 0 atom stereocenters. The van der Waals surface area contributed by atoms with Crippen molar-refractivity contribution in [2.45, 2.75) is 12.8 Å². The van der Waals surface area contributed by atoms with Crippen LogP contribution in [0, 0.1) is 6.57 Å². The van der Waals surface area contributed by atoms with Gasteiger partial charge in [0.1, 0.15) is 0 Å². The molecule has 0 N–H and O–H groups in total. The van der Waals surface area contributed by atoms with Gasteiger partial charge in [-0.3, -0.25) is 4.79 Å². The monoisotopic (exact) mass is 379 g/mol. The largest absolute Gasteiger partial charge is 0.430 e. The second-order valence-electron chi connectivity index (χ2n) is 6.51. The molecule has 0 saturated heterocycles. The molecule has 5 nitrogen and oxygen atoms in total. The van der Waals surface area contributed by atoms with Crippen molar-refractivity contribution in [3.63, 3.8) is 0 Å². The van der Waals surface area contributed by atoms with Crippen LogP contribution in [0.3, 0.4) is 0 Å². The molecule has 2 aromatic heterocycles. The van der Waals surface area contributed by atoms with Gasteiger partial charge in [-0.05, 0) is 35.2 Å². The van der Waals surface area contributed by atoms with E-state index in [0.717, 1.165) is 11.1 Å². The van der Waals surface area contributed by atoms with Crippen molar-refractivity contribution in [2.75, 3.05) is 0 Å². The molecule has 0 unspecified atom stereocenters. The molecule has 0 radical (unpaired) electrons. The summed E-state index contributed by atoms with van der Waals surface area (Å²) in [6.07, 6.45) is 2.38. The summed E-state index contributed by atoms with van der Waals surface area (Å²) in [5.41, 5.74) is 3.88. The molecular weight excluding hydrogens is 362 g/mol. The summed E-state index contributed by atoms with van der Waals surface area (Å²) in [5.74, 6) is 0.553. The number of ketones is 1. The highest BCUT2D eigenvalue weighted by Crippen LogP contribution is 2.23. The van der Waals surface area contributed by atoms with Gasteiger partial charge in [0.15, 0.2) is 11.5 Å². The molecule has 4 rings (SSSR count). The van der Waals surface area contributed by atoms with Gasteiger partial charge in [-0.15, -0.1) is 4.98 Å². The second-order valence-corrected chi connectivity index (χ2v) is 6.51. The summed E-state index contributed by atoms with van der Waals surface area (Å²) in [6.45, 7) is 7.04. The van der Waals surface area contributed by atoms with Crippen LogP contribution in [0.2, 0.25) is 0 Å². The Kier molecular flexibility index (Phi) is 5.26. The molecule has 29 heavy (non-hydrogen) atoms. The van der Waals surface area contributed by atoms with E-state index in [1.807, 2.05) is 30.3 Å². The molecule has 0 bridgehead atoms. The van der Waals surface area contributed by atoms with Crippen LogP contribution in [0.15, 0.2) is 83.4 Å². The number of nitrogens with zero attached hydrogens (tertiary/aromatic N) is 3. The number of carbonyl (C=O) groups is 1. The predicted octanol–water partition coefficient (Wildman–Crippen LogP) is 5.77. The second kappa shape index (κ2) is 8.32. The van der Waals surface area contributed by atoms with Gasteiger partial charge in [-0.2, -0.15) is 0 Å². The Bertz CT molecular complexity index is 1170. The van der Waals surface area contributed by atoms with Gasteiger partial charge < -0.3 is 9.26 Å². The van der Waals surface area contributed by atoms with Crippen molar-refractivity contribution in [2.24, 2.45) is 0 Å². The van der Waals surface area contributed by atoms with Crippen LogP contribution in [-0.4, -0.2) is 15.8 Å². The number of aromatic nitrogens is 2. The van der Waals surface area contributed by atoms with Crippen molar-refractivity contribution >= 4 is 11.6 Å². The Labute approximate surface area is 168 Å². The smallest absolute Gasteiger partial charge is 0.270 e. The number of Topliss-reactive ketones (excluding diaryl/α,β-unsaturated/α-hetero) is 1. The first-order chi connectivity index (χ1) is 14.2. The Morgan fingerprint density at radius 3 is 2.45 bits per heavy atom. The van der Waals surface area contributed by atoms with Crippen LogP contribution in [0.25, 0.3) is 27.4 Å². The Balaban J connectivity index is 1.40. The summed E-state index contributed by atoms with van der Waals surface area (Å²) in [6, 6.07) is 23.4. The summed E-state index contributed by atoms with van der Waals surface area (Å²) in [5, 5.41) is 0. The summed E-state index contributed by atoms with van der Waals surface area (Å²) >= 11 is 0. The Morgan fingerprint density at radius 1 is 0.931 bits per heavy atom. The fourth-order valence-electron chi connectivity index (χ4n) is 3.00. The van der Waals surface area contributed by atoms with E-state index in [2.05, 4.69) is 39.1 Å². The maximum Gasteiger partial charge on any atom is 0.270 e. The highest BCUT2D eigenvalue weighted by atomic mass is 16.4. The maximum atomic E-state index is 12.4. The van der Waals surface area contributed by atoms with E-state index in [4.69, 9.17) is 11.0 Å². The number of benzene rings is 2. The normalized spacial score (nSPS) is 10.4. The lowest BCUT2D eigenvalue weighted by Crippen LogP contribution is -2.01.